The molecule has 0 unspecified atom stereocenters. The highest BCUT2D eigenvalue weighted by Gasteiger charge is 1.71. The molecule has 0 saturated carbocycles. The van der Waals surface area contributed by atoms with Gasteiger partial charge in [-0.2, -0.15) is 0 Å². The van der Waals surface area contributed by atoms with Crippen molar-refractivity contribution in [1.82, 2.24) is 0 Å². The summed E-state index contributed by atoms with van der Waals surface area (Å²) in [6.07, 6.45) is 2.58. The predicted octanol–water partition coefficient (Wildman–Crippen LogP) is 1.06. The second-order valence-corrected chi connectivity index (χ2v) is 2.69. The summed E-state index contributed by atoms with van der Waals surface area (Å²) >= 11 is 4.69. The lowest BCUT2D eigenvalue weighted by Crippen LogP contribution is -1.75. The third-order valence-electron chi connectivity index (χ3n) is 0.603. The van der Waals surface area contributed by atoms with Gasteiger partial charge in [-0.25, -0.2) is 0 Å². The first-order chi connectivity index (χ1) is 2.91. The number of unbranched alkanes of at least 4 members (excludes halogenated alkanes) is 1. The van der Waals surface area contributed by atoms with E-state index in [1.165, 1.54) is 18.6 Å². The van der Waals surface area contributed by atoms with Crippen LogP contribution in [-0.2, 0) is 21.5 Å². The van der Waals surface area contributed by atoms with Gasteiger partial charge < -0.3 is 0 Å². The lowest BCUT2D eigenvalue weighted by Gasteiger charge is -1.81. The van der Waals surface area contributed by atoms with Gasteiger partial charge in [-0.3, -0.25) is 0 Å². The molecular formula is C4H10S2. The van der Waals surface area contributed by atoms with Crippen molar-refractivity contribution in [2.24, 2.45) is 0 Å². The van der Waals surface area contributed by atoms with Crippen molar-refractivity contribution in [1.29, 1.82) is 0 Å². The summed E-state index contributed by atoms with van der Waals surface area (Å²) in [5, 5.41) is 0. The maximum Gasteiger partial charge on any atom is -0.00492 e. The molecule has 0 aliphatic heterocycles. The summed E-state index contributed by atoms with van der Waals surface area (Å²) in [6, 6.07) is 0. The van der Waals surface area contributed by atoms with E-state index in [0.717, 1.165) is 10.3 Å². The van der Waals surface area contributed by atoms with Gasteiger partial charge in [0, 0.05) is 0 Å². The topological polar surface area (TPSA) is 0 Å². The van der Waals surface area contributed by atoms with Gasteiger partial charge in [-0.1, -0.05) is 24.5 Å². The van der Waals surface area contributed by atoms with Crippen LogP contribution in [0.25, 0.3) is 0 Å². The first-order valence-corrected chi connectivity index (χ1v) is 4.30. The van der Waals surface area contributed by atoms with Crippen molar-refractivity contribution in [3.8, 4) is 0 Å². The van der Waals surface area contributed by atoms with Crippen molar-refractivity contribution >= 4 is 21.5 Å². The molecule has 0 saturated heterocycles. The monoisotopic (exact) mass is 122 g/mol. The van der Waals surface area contributed by atoms with Crippen LogP contribution in [0.15, 0.2) is 0 Å². The zero-order chi connectivity index (χ0) is 4.83. The Balaban J connectivity index is 2.49. The van der Waals surface area contributed by atoms with Crippen molar-refractivity contribution in [2.75, 3.05) is 5.75 Å². The van der Waals surface area contributed by atoms with Gasteiger partial charge in [0.25, 0.3) is 0 Å². The average molecular weight is 122 g/mol. The molecule has 2 heteroatoms. The van der Waals surface area contributed by atoms with Crippen LogP contribution in [0.2, 0.25) is 0 Å². The van der Waals surface area contributed by atoms with Crippen molar-refractivity contribution in [3.63, 3.8) is 0 Å². The molecule has 0 N–H and O–H groups in total. The largest absolute Gasteiger partial charge is 0.136 e. The SMILES string of the molecule is CCCC[SH]=S. The van der Waals surface area contributed by atoms with E-state index in [0.29, 0.717) is 0 Å². The molecule has 0 aliphatic carbocycles. The molecule has 0 atom stereocenters. The second kappa shape index (κ2) is 5.57. The normalized spacial score (nSPS) is 8.83. The Hall–Kier alpha value is 0.570. The zero-order valence-electron chi connectivity index (χ0n) is 3.98. The van der Waals surface area contributed by atoms with E-state index in [1.54, 1.807) is 0 Å². The second-order valence-electron chi connectivity index (χ2n) is 1.21. The molecule has 0 bridgehead atoms. The van der Waals surface area contributed by atoms with E-state index in [9.17, 15) is 0 Å². The molecule has 0 nitrogen and oxygen atoms in total. The Morgan fingerprint density at radius 2 is 2.33 bits per heavy atom. The maximum atomic E-state index is 4.69. The Labute approximate surface area is 47.6 Å². The summed E-state index contributed by atoms with van der Waals surface area (Å²) < 4.78 is 0. The molecule has 0 aromatic rings. The van der Waals surface area contributed by atoms with Crippen LogP contribution in [0.4, 0.5) is 0 Å². The standard InChI is InChI=1S/C4H10S2/c1-2-3-4-6-5/h6H,2-4H2,1H3. The third kappa shape index (κ3) is 4.57. The molecule has 0 aromatic heterocycles. The Morgan fingerprint density at radius 3 is 2.50 bits per heavy atom. The van der Waals surface area contributed by atoms with Crippen molar-refractivity contribution in [2.45, 2.75) is 19.8 Å². The smallest absolute Gasteiger partial charge is 0.00492 e. The van der Waals surface area contributed by atoms with E-state index >= 15 is 0 Å². The molecule has 0 aliphatic rings. The lowest BCUT2D eigenvalue weighted by atomic mass is 10.4. The maximum absolute atomic E-state index is 4.69. The van der Waals surface area contributed by atoms with Crippen LogP contribution in [-0.4, -0.2) is 5.75 Å². The first kappa shape index (κ1) is 6.57. The summed E-state index contributed by atoms with van der Waals surface area (Å²) in [7, 11) is 1.13. The Kier molecular flexibility index (Phi) is 6.10. The van der Waals surface area contributed by atoms with Crippen LogP contribution in [0.5, 0.6) is 0 Å². The Bertz CT molecular complexity index is 34.5. The molecule has 0 fully saturated rings. The van der Waals surface area contributed by atoms with Gasteiger partial charge >= 0.3 is 0 Å². The highest BCUT2D eigenvalue weighted by atomic mass is 32.8. The van der Waals surface area contributed by atoms with Gasteiger partial charge in [0.2, 0.25) is 0 Å². The summed E-state index contributed by atoms with van der Waals surface area (Å²) in [6.45, 7) is 2.18. The molecule has 0 spiro atoms. The molecule has 0 amide bonds. The minimum absolute atomic E-state index is 1.13. The van der Waals surface area contributed by atoms with Gasteiger partial charge in [-0.15, -0.1) is 10.3 Å². The summed E-state index contributed by atoms with van der Waals surface area (Å²) in [5.74, 6) is 1.20. The average Bonchev–Trinajstić information content (AvgIpc) is 1.61. The quantitative estimate of drug-likeness (QED) is 0.431. The molecule has 38 valence electrons. The number of rotatable bonds is 3. The molecule has 0 aromatic carbocycles. The number of hydrogen-bond acceptors (Lipinski definition) is 1. The molecule has 0 heterocycles. The van der Waals surface area contributed by atoms with Gasteiger partial charge in [0.15, 0.2) is 0 Å². The fourth-order valence-corrected chi connectivity index (χ4v) is 1.06. The highest BCUT2D eigenvalue weighted by molar-refractivity contribution is 8.17. The summed E-state index contributed by atoms with van der Waals surface area (Å²) in [5.41, 5.74) is 0. The molecular weight excluding hydrogens is 112 g/mol. The van der Waals surface area contributed by atoms with Gasteiger partial charge in [0.1, 0.15) is 0 Å². The minimum Gasteiger partial charge on any atom is -0.136 e. The highest BCUT2D eigenvalue weighted by Crippen LogP contribution is 1.81. The van der Waals surface area contributed by atoms with Crippen molar-refractivity contribution in [3.05, 3.63) is 0 Å². The van der Waals surface area contributed by atoms with E-state index in [4.69, 9.17) is 0 Å². The third-order valence-corrected chi connectivity index (χ3v) is 1.65. The van der Waals surface area contributed by atoms with Crippen LogP contribution in [0, 0.1) is 0 Å². The first-order valence-electron chi connectivity index (χ1n) is 2.21. The van der Waals surface area contributed by atoms with E-state index in [-0.39, 0.29) is 0 Å². The fraction of sp³-hybridized carbons (Fsp3) is 1.00. The van der Waals surface area contributed by atoms with Crippen LogP contribution >= 0.6 is 0 Å². The Morgan fingerprint density at radius 1 is 1.67 bits per heavy atom. The number of hydrogen-bond donors (Lipinski definition) is 1. The zero-order valence-corrected chi connectivity index (χ0v) is 5.69. The number of thiol groups is 1. The molecule has 0 radical (unpaired) electrons. The molecule has 0 rings (SSSR count). The lowest BCUT2D eigenvalue weighted by molar-refractivity contribution is 0.898. The summed E-state index contributed by atoms with van der Waals surface area (Å²) in [4.78, 5) is 0. The van der Waals surface area contributed by atoms with Crippen LogP contribution in [0.3, 0.4) is 0 Å². The van der Waals surface area contributed by atoms with E-state index in [2.05, 4.69) is 18.1 Å². The molecule has 6 heavy (non-hydrogen) atoms. The minimum atomic E-state index is 1.13. The fourth-order valence-electron chi connectivity index (χ4n) is 0.223. The van der Waals surface area contributed by atoms with Crippen LogP contribution < -0.4 is 0 Å². The van der Waals surface area contributed by atoms with Crippen molar-refractivity contribution < 1.29 is 0 Å². The van der Waals surface area contributed by atoms with Gasteiger partial charge in [-0.05, 0) is 12.2 Å². The predicted molar refractivity (Wildman–Crippen MR) is 35.9 cm³/mol. The van der Waals surface area contributed by atoms with Crippen LogP contribution in [0.1, 0.15) is 19.8 Å². The van der Waals surface area contributed by atoms with E-state index in [1.807, 2.05) is 0 Å². The van der Waals surface area contributed by atoms with Gasteiger partial charge in [0.05, 0.1) is 0 Å². The van der Waals surface area contributed by atoms with E-state index < -0.39 is 0 Å².